The number of rotatable bonds is 9. The summed E-state index contributed by atoms with van der Waals surface area (Å²) >= 11 is 0. The van der Waals surface area contributed by atoms with Crippen LogP contribution in [0.1, 0.15) is 19.4 Å². The second kappa shape index (κ2) is 9.66. The van der Waals surface area contributed by atoms with Crippen LogP contribution in [0.4, 0.5) is 5.82 Å². The molecule has 0 aromatic carbocycles. The topological polar surface area (TPSA) is 105 Å². The lowest BCUT2D eigenvalue weighted by molar-refractivity contribution is -0.121. The first-order valence-electron chi connectivity index (χ1n) is 9.28. The molecule has 0 aliphatic heterocycles. The molecule has 2 heterocycles. The van der Waals surface area contributed by atoms with Gasteiger partial charge in [-0.25, -0.2) is 13.4 Å². The molecule has 9 nitrogen and oxygen atoms in total. The summed E-state index contributed by atoms with van der Waals surface area (Å²) in [5, 5.41) is 2.74. The predicted molar refractivity (Wildman–Crippen MR) is 111 cm³/mol. The Morgan fingerprint density at radius 3 is 2.48 bits per heavy atom. The Hall–Kier alpha value is -2.72. The van der Waals surface area contributed by atoms with E-state index in [-0.39, 0.29) is 18.0 Å². The average Bonchev–Trinajstić information content (AvgIpc) is 2.69. The van der Waals surface area contributed by atoms with Gasteiger partial charge in [0, 0.05) is 52.2 Å². The molecule has 0 saturated carbocycles. The highest BCUT2D eigenvalue weighted by Gasteiger charge is 2.22. The molecular formula is C19H27N5O4S. The lowest BCUT2D eigenvalue weighted by atomic mass is 10.2. The zero-order chi connectivity index (χ0) is 21.6. The van der Waals surface area contributed by atoms with E-state index in [1.807, 2.05) is 25.1 Å². The molecule has 0 radical (unpaired) electrons. The zero-order valence-corrected chi connectivity index (χ0v) is 17.9. The van der Waals surface area contributed by atoms with Crippen molar-refractivity contribution < 1.29 is 13.2 Å². The van der Waals surface area contributed by atoms with Gasteiger partial charge in [0.2, 0.25) is 15.9 Å². The molecule has 0 aliphatic carbocycles. The molecule has 0 fully saturated rings. The number of nitrogens with zero attached hydrogens (tertiary/aromatic N) is 4. The van der Waals surface area contributed by atoms with Gasteiger partial charge in [0.15, 0.2) is 0 Å². The first-order chi connectivity index (χ1) is 13.7. The minimum atomic E-state index is -3.71. The Morgan fingerprint density at radius 1 is 1.17 bits per heavy atom. The van der Waals surface area contributed by atoms with Gasteiger partial charge >= 0.3 is 0 Å². The standard InChI is InChI=1S/C19H27N5O4S/c1-5-24(6-2)29(27,28)16-7-8-19(26)23(13-16)14-18(25)21-12-15-9-10-20-17(11-15)22(3)4/h7-11,13H,5-6,12,14H2,1-4H3,(H,21,25). The first kappa shape index (κ1) is 22.6. The normalized spacial score (nSPS) is 11.5. The molecule has 1 N–H and O–H groups in total. The minimum absolute atomic E-state index is 0.0154. The molecule has 0 bridgehead atoms. The molecule has 10 heteroatoms. The Morgan fingerprint density at radius 2 is 1.86 bits per heavy atom. The van der Waals surface area contributed by atoms with E-state index in [1.54, 1.807) is 26.1 Å². The van der Waals surface area contributed by atoms with Gasteiger partial charge in [0.25, 0.3) is 5.56 Å². The quantitative estimate of drug-likeness (QED) is 0.638. The fourth-order valence-corrected chi connectivity index (χ4v) is 4.20. The van der Waals surface area contributed by atoms with Gasteiger partial charge in [-0.3, -0.25) is 9.59 Å². The third kappa shape index (κ3) is 5.64. The fraction of sp³-hybridized carbons (Fsp3) is 0.421. The number of carbonyl (C=O) groups excluding carboxylic acids is 1. The second-order valence-electron chi connectivity index (χ2n) is 6.61. The number of nitrogens with one attached hydrogen (secondary N) is 1. The molecule has 29 heavy (non-hydrogen) atoms. The number of anilines is 1. The number of carbonyl (C=O) groups is 1. The van der Waals surface area contributed by atoms with E-state index in [1.165, 1.54) is 16.6 Å². The molecule has 0 saturated heterocycles. The van der Waals surface area contributed by atoms with E-state index in [4.69, 9.17) is 0 Å². The van der Waals surface area contributed by atoms with E-state index in [2.05, 4.69) is 10.3 Å². The molecule has 2 rings (SSSR count). The summed E-state index contributed by atoms with van der Waals surface area (Å²) in [7, 11) is 0.0286. The summed E-state index contributed by atoms with van der Waals surface area (Å²) in [4.78, 5) is 30.5. The number of amides is 1. The van der Waals surface area contributed by atoms with E-state index >= 15 is 0 Å². The highest BCUT2D eigenvalue weighted by atomic mass is 32.2. The summed E-state index contributed by atoms with van der Waals surface area (Å²) in [6.07, 6.45) is 2.87. The van der Waals surface area contributed by atoms with Crippen molar-refractivity contribution in [1.29, 1.82) is 0 Å². The van der Waals surface area contributed by atoms with Crippen molar-refractivity contribution in [3.8, 4) is 0 Å². The summed E-state index contributed by atoms with van der Waals surface area (Å²) in [5.41, 5.74) is 0.416. The van der Waals surface area contributed by atoms with E-state index < -0.39 is 21.5 Å². The van der Waals surface area contributed by atoms with Crippen molar-refractivity contribution >= 4 is 21.7 Å². The van der Waals surface area contributed by atoms with Crippen molar-refractivity contribution in [3.63, 3.8) is 0 Å². The van der Waals surface area contributed by atoms with Crippen LogP contribution in [-0.4, -0.2) is 55.4 Å². The van der Waals surface area contributed by atoms with Crippen molar-refractivity contribution in [2.75, 3.05) is 32.1 Å². The Balaban J connectivity index is 2.12. The maximum atomic E-state index is 12.6. The molecular weight excluding hydrogens is 394 g/mol. The smallest absolute Gasteiger partial charge is 0.251 e. The minimum Gasteiger partial charge on any atom is -0.363 e. The largest absolute Gasteiger partial charge is 0.363 e. The Kier molecular flexibility index (Phi) is 7.52. The van der Waals surface area contributed by atoms with Gasteiger partial charge in [-0.05, 0) is 23.8 Å². The van der Waals surface area contributed by atoms with Crippen LogP contribution < -0.4 is 15.8 Å². The van der Waals surface area contributed by atoms with Gasteiger partial charge in [-0.15, -0.1) is 0 Å². The summed E-state index contributed by atoms with van der Waals surface area (Å²) < 4.78 is 27.7. The molecule has 0 atom stereocenters. The lowest BCUT2D eigenvalue weighted by Crippen LogP contribution is -2.34. The van der Waals surface area contributed by atoms with E-state index in [0.717, 1.165) is 22.0 Å². The number of sulfonamides is 1. The highest BCUT2D eigenvalue weighted by molar-refractivity contribution is 7.89. The van der Waals surface area contributed by atoms with Crippen LogP contribution in [0.5, 0.6) is 0 Å². The van der Waals surface area contributed by atoms with Crippen LogP contribution in [0.15, 0.2) is 46.3 Å². The van der Waals surface area contributed by atoms with Crippen molar-refractivity contribution in [2.45, 2.75) is 31.8 Å². The first-order valence-corrected chi connectivity index (χ1v) is 10.7. The predicted octanol–water partition coefficient (Wildman–Crippen LogP) is 0.656. The van der Waals surface area contributed by atoms with Crippen LogP contribution in [-0.2, 0) is 27.9 Å². The zero-order valence-electron chi connectivity index (χ0n) is 17.1. The molecule has 2 aromatic rings. The summed E-state index contributed by atoms with van der Waals surface area (Å²) in [5.74, 6) is 0.370. The SMILES string of the molecule is CCN(CC)S(=O)(=O)c1ccc(=O)n(CC(=O)NCc2ccnc(N(C)C)c2)c1. The maximum absolute atomic E-state index is 12.6. The number of pyridine rings is 2. The van der Waals surface area contributed by atoms with E-state index in [9.17, 15) is 18.0 Å². The number of hydrogen-bond acceptors (Lipinski definition) is 6. The lowest BCUT2D eigenvalue weighted by Gasteiger charge is -2.19. The Bertz CT molecular complexity index is 1010. The third-order valence-electron chi connectivity index (χ3n) is 4.37. The molecule has 1 amide bonds. The number of hydrogen-bond donors (Lipinski definition) is 1. The van der Waals surface area contributed by atoms with Crippen LogP contribution in [0, 0.1) is 0 Å². The van der Waals surface area contributed by atoms with Gasteiger partial charge < -0.3 is 14.8 Å². The fourth-order valence-electron chi connectivity index (χ4n) is 2.72. The van der Waals surface area contributed by atoms with Gasteiger partial charge in [0.1, 0.15) is 12.4 Å². The van der Waals surface area contributed by atoms with Crippen LogP contribution in [0.3, 0.4) is 0 Å². The maximum Gasteiger partial charge on any atom is 0.251 e. The van der Waals surface area contributed by atoms with Crippen molar-refractivity contribution in [3.05, 3.63) is 52.6 Å². The van der Waals surface area contributed by atoms with Crippen LogP contribution in [0.25, 0.3) is 0 Å². The molecule has 2 aromatic heterocycles. The van der Waals surface area contributed by atoms with Crippen LogP contribution >= 0.6 is 0 Å². The average molecular weight is 422 g/mol. The Labute approximate surface area is 171 Å². The van der Waals surface area contributed by atoms with Crippen molar-refractivity contribution in [1.82, 2.24) is 19.2 Å². The summed E-state index contributed by atoms with van der Waals surface area (Å²) in [6.45, 7) is 4.12. The highest BCUT2D eigenvalue weighted by Crippen LogP contribution is 2.13. The molecule has 158 valence electrons. The number of aromatic nitrogens is 2. The molecule has 0 unspecified atom stereocenters. The van der Waals surface area contributed by atoms with Crippen LogP contribution in [0.2, 0.25) is 0 Å². The monoisotopic (exact) mass is 421 g/mol. The molecule has 0 aliphatic rings. The third-order valence-corrected chi connectivity index (χ3v) is 6.40. The van der Waals surface area contributed by atoms with E-state index in [0.29, 0.717) is 13.1 Å². The summed E-state index contributed by atoms with van der Waals surface area (Å²) in [6, 6.07) is 6.07. The van der Waals surface area contributed by atoms with Crippen molar-refractivity contribution in [2.24, 2.45) is 0 Å². The van der Waals surface area contributed by atoms with Gasteiger partial charge in [-0.1, -0.05) is 13.8 Å². The van der Waals surface area contributed by atoms with Gasteiger partial charge in [0.05, 0.1) is 4.90 Å². The van der Waals surface area contributed by atoms with Gasteiger partial charge in [-0.2, -0.15) is 4.31 Å². The second-order valence-corrected chi connectivity index (χ2v) is 8.55. The molecule has 0 spiro atoms.